The van der Waals surface area contributed by atoms with E-state index in [1.165, 1.54) is 12.0 Å². The van der Waals surface area contributed by atoms with E-state index in [1.54, 1.807) is 6.07 Å². The fraction of sp³-hybridized carbons (Fsp3) is 0.333. The molecule has 1 aliphatic rings. The molecule has 0 amide bonds. The fourth-order valence-corrected chi connectivity index (χ4v) is 2.90. The van der Waals surface area contributed by atoms with Crippen molar-refractivity contribution >= 4 is 0 Å². The zero-order valence-corrected chi connectivity index (χ0v) is 12.2. The van der Waals surface area contributed by atoms with Gasteiger partial charge in [0.15, 0.2) is 0 Å². The summed E-state index contributed by atoms with van der Waals surface area (Å²) in [6.07, 6.45) is 1.17. The number of phenolic OH excluding ortho intramolecular Hbond substituents is 1. The number of hydrogen-bond donors (Lipinski definition) is 2. The van der Waals surface area contributed by atoms with Gasteiger partial charge in [-0.05, 0) is 18.1 Å². The first-order valence-electron chi connectivity index (χ1n) is 7.58. The van der Waals surface area contributed by atoms with Gasteiger partial charge in [-0.15, -0.1) is 0 Å². The van der Waals surface area contributed by atoms with Crippen molar-refractivity contribution in [2.45, 2.75) is 25.6 Å². The number of hydrogen-bond acceptors (Lipinski definition) is 3. The normalized spacial score (nSPS) is 19.0. The number of para-hydroxylation sites is 1. The highest BCUT2D eigenvalue weighted by molar-refractivity contribution is 5.31. The van der Waals surface area contributed by atoms with E-state index in [2.05, 4.69) is 40.5 Å². The van der Waals surface area contributed by atoms with Gasteiger partial charge >= 0.3 is 0 Å². The second kappa shape index (κ2) is 6.74. The van der Waals surface area contributed by atoms with Gasteiger partial charge in [-0.2, -0.15) is 0 Å². The van der Waals surface area contributed by atoms with Crippen molar-refractivity contribution in [3.05, 3.63) is 65.7 Å². The zero-order chi connectivity index (χ0) is 14.5. The van der Waals surface area contributed by atoms with Gasteiger partial charge in [-0.1, -0.05) is 48.5 Å². The van der Waals surface area contributed by atoms with Crippen LogP contribution < -0.4 is 5.32 Å². The molecule has 0 bridgehead atoms. The molecule has 0 saturated carbocycles. The summed E-state index contributed by atoms with van der Waals surface area (Å²) < 4.78 is 0. The van der Waals surface area contributed by atoms with E-state index in [1.807, 2.05) is 18.2 Å². The molecule has 0 aromatic heterocycles. The maximum Gasteiger partial charge on any atom is 0.120 e. The summed E-state index contributed by atoms with van der Waals surface area (Å²) in [4.78, 5) is 2.48. The first-order chi connectivity index (χ1) is 10.3. The van der Waals surface area contributed by atoms with Gasteiger partial charge in [-0.25, -0.2) is 0 Å². The van der Waals surface area contributed by atoms with Crippen LogP contribution >= 0.6 is 0 Å². The minimum Gasteiger partial charge on any atom is -0.508 e. The first-order valence-corrected chi connectivity index (χ1v) is 7.58. The summed E-state index contributed by atoms with van der Waals surface area (Å²) >= 11 is 0. The lowest BCUT2D eigenvalue weighted by molar-refractivity contribution is 0.319. The van der Waals surface area contributed by atoms with Crippen LogP contribution in [0.1, 0.15) is 17.5 Å². The fourth-order valence-electron chi connectivity index (χ4n) is 2.90. The Bertz CT molecular complexity index is 570. The molecule has 1 heterocycles. The second-order valence-corrected chi connectivity index (χ2v) is 5.72. The third-order valence-corrected chi connectivity index (χ3v) is 4.09. The van der Waals surface area contributed by atoms with Crippen LogP contribution in [0.3, 0.4) is 0 Å². The van der Waals surface area contributed by atoms with Gasteiger partial charge < -0.3 is 10.4 Å². The third kappa shape index (κ3) is 3.84. The third-order valence-electron chi connectivity index (χ3n) is 4.09. The molecule has 110 valence electrons. The van der Waals surface area contributed by atoms with Crippen LogP contribution in [-0.2, 0) is 13.1 Å². The molecule has 2 N–H and O–H groups in total. The molecule has 0 aliphatic carbocycles. The van der Waals surface area contributed by atoms with Gasteiger partial charge in [0.2, 0.25) is 0 Å². The molecule has 2 aromatic rings. The average molecular weight is 282 g/mol. The highest BCUT2D eigenvalue weighted by Crippen LogP contribution is 2.17. The summed E-state index contributed by atoms with van der Waals surface area (Å²) in [5.74, 6) is 0.379. The first kappa shape index (κ1) is 14.1. The van der Waals surface area contributed by atoms with E-state index in [9.17, 15) is 5.11 Å². The highest BCUT2D eigenvalue weighted by atomic mass is 16.3. The minimum absolute atomic E-state index is 0.379. The van der Waals surface area contributed by atoms with Crippen LogP contribution in [0.15, 0.2) is 54.6 Å². The highest BCUT2D eigenvalue weighted by Gasteiger charge is 2.21. The standard InChI is InChI=1S/C18H22N2O/c21-18-9-5-4-8-16(18)12-19-17-10-11-20(14-17)13-15-6-2-1-3-7-15/h1-9,17,19,21H,10-14H2. The molecule has 3 heteroatoms. The largest absolute Gasteiger partial charge is 0.508 e. The Hall–Kier alpha value is -1.84. The average Bonchev–Trinajstić information content (AvgIpc) is 2.95. The lowest BCUT2D eigenvalue weighted by Gasteiger charge is -2.17. The topological polar surface area (TPSA) is 35.5 Å². The summed E-state index contributed by atoms with van der Waals surface area (Å²) in [7, 11) is 0. The Labute approximate surface area is 126 Å². The second-order valence-electron chi connectivity index (χ2n) is 5.72. The predicted molar refractivity (Wildman–Crippen MR) is 85.1 cm³/mol. The SMILES string of the molecule is Oc1ccccc1CNC1CCN(Cc2ccccc2)C1. The lowest BCUT2D eigenvalue weighted by Crippen LogP contribution is -2.31. The van der Waals surface area contributed by atoms with Crippen molar-refractivity contribution < 1.29 is 5.11 Å². The number of nitrogens with zero attached hydrogens (tertiary/aromatic N) is 1. The smallest absolute Gasteiger partial charge is 0.120 e. The maximum atomic E-state index is 9.78. The van der Waals surface area contributed by atoms with E-state index in [0.717, 1.165) is 31.7 Å². The van der Waals surface area contributed by atoms with Crippen LogP contribution in [0.5, 0.6) is 5.75 Å². The van der Waals surface area contributed by atoms with Gasteiger partial charge in [0.25, 0.3) is 0 Å². The molecule has 1 unspecified atom stereocenters. The van der Waals surface area contributed by atoms with E-state index < -0.39 is 0 Å². The van der Waals surface area contributed by atoms with Gasteiger partial charge in [0, 0.05) is 37.8 Å². The number of nitrogens with one attached hydrogen (secondary N) is 1. The van der Waals surface area contributed by atoms with Crippen molar-refractivity contribution in [3.8, 4) is 5.75 Å². The Morgan fingerprint density at radius 1 is 1.05 bits per heavy atom. The Morgan fingerprint density at radius 2 is 1.81 bits per heavy atom. The zero-order valence-electron chi connectivity index (χ0n) is 12.2. The summed E-state index contributed by atoms with van der Waals surface area (Å²) in [5, 5.41) is 13.3. The van der Waals surface area contributed by atoms with Crippen molar-refractivity contribution in [1.29, 1.82) is 0 Å². The molecule has 0 radical (unpaired) electrons. The van der Waals surface area contributed by atoms with Crippen LogP contribution in [0.2, 0.25) is 0 Å². The molecular formula is C18H22N2O. The molecule has 1 fully saturated rings. The quantitative estimate of drug-likeness (QED) is 0.885. The van der Waals surface area contributed by atoms with Crippen LogP contribution in [0, 0.1) is 0 Å². The molecule has 1 aliphatic heterocycles. The summed E-state index contributed by atoms with van der Waals surface area (Å²) in [5.41, 5.74) is 2.35. The number of aromatic hydroxyl groups is 1. The molecule has 1 saturated heterocycles. The van der Waals surface area contributed by atoms with E-state index in [4.69, 9.17) is 0 Å². The molecular weight excluding hydrogens is 260 g/mol. The van der Waals surface area contributed by atoms with Crippen molar-refractivity contribution in [1.82, 2.24) is 10.2 Å². The van der Waals surface area contributed by atoms with Crippen molar-refractivity contribution in [2.75, 3.05) is 13.1 Å². The summed E-state index contributed by atoms with van der Waals surface area (Å²) in [6, 6.07) is 18.7. The van der Waals surface area contributed by atoms with E-state index in [-0.39, 0.29) is 0 Å². The Morgan fingerprint density at radius 3 is 2.62 bits per heavy atom. The Kier molecular flexibility index (Phi) is 4.53. The number of phenols is 1. The summed E-state index contributed by atoms with van der Waals surface area (Å²) in [6.45, 7) is 3.96. The molecule has 1 atom stereocenters. The molecule has 0 spiro atoms. The molecule has 3 nitrogen and oxygen atoms in total. The van der Waals surface area contributed by atoms with Crippen LogP contribution in [0.25, 0.3) is 0 Å². The van der Waals surface area contributed by atoms with Gasteiger partial charge in [0.05, 0.1) is 0 Å². The number of likely N-dealkylation sites (tertiary alicyclic amines) is 1. The van der Waals surface area contributed by atoms with E-state index in [0.29, 0.717) is 11.8 Å². The molecule has 3 rings (SSSR count). The van der Waals surface area contributed by atoms with Crippen LogP contribution in [-0.4, -0.2) is 29.1 Å². The molecule has 2 aromatic carbocycles. The van der Waals surface area contributed by atoms with E-state index >= 15 is 0 Å². The predicted octanol–water partition coefficient (Wildman–Crippen LogP) is 2.76. The monoisotopic (exact) mass is 282 g/mol. The Balaban J connectivity index is 1.48. The molecule has 21 heavy (non-hydrogen) atoms. The van der Waals surface area contributed by atoms with Crippen molar-refractivity contribution in [2.24, 2.45) is 0 Å². The van der Waals surface area contributed by atoms with Crippen molar-refractivity contribution in [3.63, 3.8) is 0 Å². The number of benzene rings is 2. The lowest BCUT2D eigenvalue weighted by atomic mass is 10.2. The minimum atomic E-state index is 0.379. The number of rotatable bonds is 5. The maximum absolute atomic E-state index is 9.78. The van der Waals surface area contributed by atoms with Gasteiger partial charge in [0.1, 0.15) is 5.75 Å². The van der Waals surface area contributed by atoms with Crippen LogP contribution in [0.4, 0.5) is 0 Å². The van der Waals surface area contributed by atoms with Gasteiger partial charge in [-0.3, -0.25) is 4.90 Å².